The van der Waals surface area contributed by atoms with Crippen molar-refractivity contribution in [2.45, 2.75) is 6.04 Å². The van der Waals surface area contributed by atoms with Gasteiger partial charge >= 0.3 is 6.03 Å². The van der Waals surface area contributed by atoms with Gasteiger partial charge in [0.05, 0.1) is 13.2 Å². The zero-order chi connectivity index (χ0) is 15.0. The van der Waals surface area contributed by atoms with E-state index < -0.39 is 0 Å². The van der Waals surface area contributed by atoms with Crippen LogP contribution in [0.2, 0.25) is 0 Å². The van der Waals surface area contributed by atoms with E-state index in [2.05, 4.69) is 6.58 Å². The largest absolute Gasteiger partial charge is 0.344 e. The van der Waals surface area contributed by atoms with E-state index in [0.717, 1.165) is 11.3 Å². The predicted molar refractivity (Wildman–Crippen MR) is 78.4 cm³/mol. The number of carbonyl (C=O) groups is 1. The van der Waals surface area contributed by atoms with E-state index in [1.807, 2.05) is 12.1 Å². The Kier molecular flexibility index (Phi) is 3.39. The average molecular weight is 287 g/mol. The van der Waals surface area contributed by atoms with Crippen molar-refractivity contribution in [3.05, 3.63) is 53.0 Å². The number of hydrogen-bond donors (Lipinski definition) is 0. The van der Waals surface area contributed by atoms with Crippen LogP contribution in [0.1, 0.15) is 5.69 Å². The smallest absolute Gasteiger partial charge is 0.317 e. The molecule has 110 valence electrons. The first-order valence-corrected chi connectivity index (χ1v) is 6.82. The third kappa shape index (κ3) is 2.17. The number of rotatable bonds is 4. The number of amides is 2. The quantitative estimate of drug-likeness (QED) is 0.777. The third-order valence-electron chi connectivity index (χ3n) is 3.84. The molecule has 0 aromatic carbocycles. The summed E-state index contributed by atoms with van der Waals surface area (Å²) >= 11 is 0. The molecule has 3 heterocycles. The summed E-state index contributed by atoms with van der Waals surface area (Å²) in [7, 11) is 1.73. The third-order valence-corrected chi connectivity index (χ3v) is 3.84. The lowest BCUT2D eigenvalue weighted by atomic mass is 10.00. The highest BCUT2D eigenvalue weighted by Crippen LogP contribution is 2.32. The first kappa shape index (κ1) is 13.6. The molecule has 6 nitrogen and oxygen atoms in total. The Morgan fingerprint density at radius 3 is 3.00 bits per heavy atom. The van der Waals surface area contributed by atoms with Crippen LogP contribution in [0.5, 0.6) is 0 Å². The number of nitrogens with zero attached hydrogens (tertiary/aromatic N) is 3. The van der Waals surface area contributed by atoms with Gasteiger partial charge < -0.3 is 9.47 Å². The molecule has 0 saturated carbocycles. The van der Waals surface area contributed by atoms with Gasteiger partial charge in [-0.05, 0) is 6.07 Å². The van der Waals surface area contributed by atoms with Crippen molar-refractivity contribution in [3.8, 4) is 0 Å². The molecular formula is C15H17N3O3. The molecule has 6 heteroatoms. The van der Waals surface area contributed by atoms with Crippen LogP contribution in [0, 0.1) is 0 Å². The Labute approximate surface area is 122 Å². The van der Waals surface area contributed by atoms with E-state index in [1.165, 1.54) is 11.1 Å². The van der Waals surface area contributed by atoms with E-state index >= 15 is 0 Å². The zero-order valence-corrected chi connectivity index (χ0v) is 11.9. The molecule has 0 radical (unpaired) electrons. The maximum atomic E-state index is 12.2. The van der Waals surface area contributed by atoms with Gasteiger partial charge in [-0.1, -0.05) is 18.2 Å². The predicted octanol–water partition coefficient (Wildman–Crippen LogP) is 1.01. The maximum absolute atomic E-state index is 12.2. The van der Waals surface area contributed by atoms with Crippen molar-refractivity contribution < 1.29 is 9.63 Å². The average Bonchev–Trinajstić information content (AvgIpc) is 2.73. The first-order valence-electron chi connectivity index (χ1n) is 6.82. The fourth-order valence-corrected chi connectivity index (χ4v) is 2.76. The summed E-state index contributed by atoms with van der Waals surface area (Å²) in [4.78, 5) is 31.2. The monoisotopic (exact) mass is 287 g/mol. The minimum absolute atomic E-state index is 0.0706. The van der Waals surface area contributed by atoms with Gasteiger partial charge in [0.25, 0.3) is 5.56 Å². The number of hydrogen-bond acceptors (Lipinski definition) is 3. The first-order chi connectivity index (χ1) is 10.1. The molecule has 1 aromatic heterocycles. The number of hydroxylamine groups is 2. The van der Waals surface area contributed by atoms with Crippen LogP contribution in [0.4, 0.5) is 4.79 Å². The molecule has 1 unspecified atom stereocenters. The SMILES string of the molecule is C=CCON1C(=O)N2CC=C(c3cccc(=O)n3C)C1C2. The standard InChI is InChI=1S/C15H17N3O3/c1-3-9-21-18-13-10-17(15(18)20)8-7-11(13)12-5-4-6-14(19)16(12)2/h3-7,13H,1,8-10H2,2H3. The Balaban J connectivity index is 1.98. The minimum atomic E-state index is -0.195. The molecule has 3 rings (SSSR count). The van der Waals surface area contributed by atoms with E-state index in [-0.39, 0.29) is 24.2 Å². The Morgan fingerprint density at radius 1 is 1.43 bits per heavy atom. The summed E-state index contributed by atoms with van der Waals surface area (Å²) in [5.41, 5.74) is 1.69. The highest BCUT2D eigenvalue weighted by atomic mass is 16.7. The molecule has 21 heavy (non-hydrogen) atoms. The molecule has 0 spiro atoms. The van der Waals surface area contributed by atoms with E-state index in [1.54, 1.807) is 28.7 Å². The number of urea groups is 1. The molecule has 2 aliphatic rings. The molecule has 1 atom stereocenters. The Bertz CT molecular complexity index is 677. The number of aromatic nitrogens is 1. The molecule has 2 aliphatic heterocycles. The summed E-state index contributed by atoms with van der Waals surface area (Å²) < 4.78 is 1.59. The summed E-state index contributed by atoms with van der Waals surface area (Å²) in [6, 6.07) is 4.80. The van der Waals surface area contributed by atoms with Crippen LogP contribution in [0.25, 0.3) is 5.57 Å². The van der Waals surface area contributed by atoms with E-state index in [9.17, 15) is 9.59 Å². The molecule has 1 aromatic rings. The van der Waals surface area contributed by atoms with Crippen molar-refractivity contribution in [2.24, 2.45) is 7.05 Å². The van der Waals surface area contributed by atoms with Crippen LogP contribution >= 0.6 is 0 Å². The van der Waals surface area contributed by atoms with Crippen molar-refractivity contribution in [1.29, 1.82) is 0 Å². The molecule has 1 saturated heterocycles. The van der Waals surface area contributed by atoms with Crippen LogP contribution in [-0.4, -0.2) is 46.3 Å². The second kappa shape index (κ2) is 5.21. The summed E-state index contributed by atoms with van der Waals surface area (Å²) in [6.07, 6.45) is 3.59. The van der Waals surface area contributed by atoms with Crippen LogP contribution < -0.4 is 5.56 Å². The number of fused-ring (bicyclic) bond motifs is 2. The second-order valence-electron chi connectivity index (χ2n) is 5.08. The second-order valence-corrected chi connectivity index (χ2v) is 5.08. The maximum Gasteiger partial charge on any atom is 0.344 e. The highest BCUT2D eigenvalue weighted by molar-refractivity contribution is 5.84. The van der Waals surface area contributed by atoms with Gasteiger partial charge in [0.1, 0.15) is 6.04 Å². The van der Waals surface area contributed by atoms with Gasteiger partial charge in [0, 0.05) is 30.9 Å². The molecule has 2 bridgehead atoms. The van der Waals surface area contributed by atoms with Gasteiger partial charge in [-0.25, -0.2) is 4.79 Å². The van der Waals surface area contributed by atoms with Crippen LogP contribution in [-0.2, 0) is 11.9 Å². The van der Waals surface area contributed by atoms with Gasteiger partial charge in [-0.3, -0.25) is 9.63 Å². The van der Waals surface area contributed by atoms with E-state index in [0.29, 0.717) is 13.1 Å². The molecule has 2 amide bonds. The fraction of sp³-hybridized carbons (Fsp3) is 0.333. The Morgan fingerprint density at radius 2 is 2.24 bits per heavy atom. The Hall–Kier alpha value is -2.34. The molecule has 1 fully saturated rings. The van der Waals surface area contributed by atoms with Gasteiger partial charge in [-0.15, -0.1) is 6.58 Å². The van der Waals surface area contributed by atoms with Gasteiger partial charge in [-0.2, -0.15) is 5.06 Å². The van der Waals surface area contributed by atoms with Gasteiger partial charge in [0.15, 0.2) is 0 Å². The van der Waals surface area contributed by atoms with E-state index in [4.69, 9.17) is 4.84 Å². The van der Waals surface area contributed by atoms with Crippen molar-refractivity contribution >= 4 is 11.6 Å². The molecule has 0 N–H and O–H groups in total. The molecule has 0 aliphatic carbocycles. The normalized spacial score (nSPS) is 20.7. The van der Waals surface area contributed by atoms with Crippen LogP contribution in [0.15, 0.2) is 41.7 Å². The van der Waals surface area contributed by atoms with Crippen molar-refractivity contribution in [1.82, 2.24) is 14.5 Å². The van der Waals surface area contributed by atoms with Crippen molar-refractivity contribution in [2.75, 3.05) is 19.7 Å². The summed E-state index contributed by atoms with van der Waals surface area (Å²) in [5, 5.41) is 1.39. The molecular weight excluding hydrogens is 270 g/mol. The van der Waals surface area contributed by atoms with Crippen molar-refractivity contribution in [3.63, 3.8) is 0 Å². The lowest BCUT2D eigenvalue weighted by Gasteiger charge is -2.25. The summed E-state index contributed by atoms with van der Waals surface area (Å²) in [6.45, 7) is 4.98. The lowest BCUT2D eigenvalue weighted by molar-refractivity contribution is -0.105. The number of carbonyl (C=O) groups excluding carboxylic acids is 1. The summed E-state index contributed by atoms with van der Waals surface area (Å²) in [5.74, 6) is 0. The lowest BCUT2D eigenvalue weighted by Crippen LogP contribution is -2.35. The van der Waals surface area contributed by atoms with Gasteiger partial charge in [0.2, 0.25) is 0 Å². The highest BCUT2D eigenvalue weighted by Gasteiger charge is 2.43. The van der Waals surface area contributed by atoms with Crippen LogP contribution in [0.3, 0.4) is 0 Å². The minimum Gasteiger partial charge on any atom is -0.317 e. The fourth-order valence-electron chi connectivity index (χ4n) is 2.76. The topological polar surface area (TPSA) is 54.8 Å². The number of pyridine rings is 1. The zero-order valence-electron chi connectivity index (χ0n) is 11.9.